The molecule has 1 atom stereocenters. The molecular formula is C20H18N4O4S. The Morgan fingerprint density at radius 1 is 1.21 bits per heavy atom. The minimum Gasteiger partial charge on any atom is -0.482 e. The molecule has 0 aliphatic carbocycles. The quantitative estimate of drug-likeness (QED) is 0.689. The Hall–Kier alpha value is -3.46. The molecule has 1 aromatic heterocycles. The second-order valence-corrected chi connectivity index (χ2v) is 7.60. The summed E-state index contributed by atoms with van der Waals surface area (Å²) in [6.45, 7) is 2.99. The van der Waals surface area contributed by atoms with Crippen molar-refractivity contribution >= 4 is 55.8 Å². The van der Waals surface area contributed by atoms with Crippen molar-refractivity contribution in [2.45, 2.75) is 19.9 Å². The summed E-state index contributed by atoms with van der Waals surface area (Å²) < 4.78 is 6.26. The van der Waals surface area contributed by atoms with Gasteiger partial charge in [0, 0.05) is 12.6 Å². The third kappa shape index (κ3) is 3.77. The van der Waals surface area contributed by atoms with E-state index in [-0.39, 0.29) is 24.3 Å². The lowest BCUT2D eigenvalue weighted by atomic mass is 10.1. The van der Waals surface area contributed by atoms with Crippen LogP contribution in [0.3, 0.4) is 0 Å². The van der Waals surface area contributed by atoms with Crippen LogP contribution in [0, 0.1) is 0 Å². The highest BCUT2D eigenvalue weighted by Crippen LogP contribution is 2.33. The van der Waals surface area contributed by atoms with Crippen molar-refractivity contribution in [3.63, 3.8) is 0 Å². The van der Waals surface area contributed by atoms with Crippen LogP contribution in [0.15, 0.2) is 42.5 Å². The molecule has 2 N–H and O–H groups in total. The second-order valence-electron chi connectivity index (χ2n) is 6.57. The molecule has 0 unspecified atom stereocenters. The van der Waals surface area contributed by atoms with Gasteiger partial charge in [-0.25, -0.2) is 4.98 Å². The number of thiazole rings is 1. The second kappa shape index (κ2) is 7.51. The number of aromatic nitrogens is 1. The zero-order chi connectivity index (χ0) is 20.5. The SMILES string of the molecule is CC(=O)Nc1nc2ccc(NC(=O)[C@@H](C)N3C(=O)COc4ccccc43)cc2s1. The maximum atomic E-state index is 12.8. The summed E-state index contributed by atoms with van der Waals surface area (Å²) in [4.78, 5) is 42.2. The van der Waals surface area contributed by atoms with Crippen LogP contribution in [0.1, 0.15) is 13.8 Å². The van der Waals surface area contributed by atoms with Gasteiger partial charge in [0.15, 0.2) is 11.7 Å². The number of anilines is 3. The van der Waals surface area contributed by atoms with E-state index in [0.29, 0.717) is 22.3 Å². The summed E-state index contributed by atoms with van der Waals surface area (Å²) in [5.74, 6) is -0.213. The number of carbonyl (C=O) groups excluding carboxylic acids is 3. The molecular weight excluding hydrogens is 392 g/mol. The number of hydrogen-bond donors (Lipinski definition) is 2. The number of hydrogen-bond acceptors (Lipinski definition) is 6. The van der Waals surface area contributed by atoms with E-state index >= 15 is 0 Å². The zero-order valence-corrected chi connectivity index (χ0v) is 16.6. The van der Waals surface area contributed by atoms with Gasteiger partial charge in [-0.3, -0.25) is 19.3 Å². The molecule has 1 aliphatic rings. The predicted octanol–water partition coefficient (Wildman–Crippen LogP) is 3.01. The molecule has 9 heteroatoms. The van der Waals surface area contributed by atoms with Gasteiger partial charge in [0.25, 0.3) is 5.91 Å². The van der Waals surface area contributed by atoms with Gasteiger partial charge in [-0.1, -0.05) is 23.5 Å². The Balaban J connectivity index is 1.54. The van der Waals surface area contributed by atoms with Crippen molar-refractivity contribution < 1.29 is 19.1 Å². The fraction of sp³-hybridized carbons (Fsp3) is 0.200. The molecule has 0 bridgehead atoms. The molecule has 4 rings (SSSR count). The molecule has 3 aromatic rings. The number of fused-ring (bicyclic) bond motifs is 2. The van der Waals surface area contributed by atoms with Crippen LogP contribution < -0.4 is 20.3 Å². The normalized spacial score (nSPS) is 14.1. The first kappa shape index (κ1) is 18.9. The summed E-state index contributed by atoms with van der Waals surface area (Å²) in [6, 6.07) is 11.7. The number of ether oxygens (including phenoxy) is 1. The van der Waals surface area contributed by atoms with Gasteiger partial charge < -0.3 is 15.4 Å². The van der Waals surface area contributed by atoms with Crippen molar-refractivity contribution in [2.75, 3.05) is 22.1 Å². The van der Waals surface area contributed by atoms with Crippen molar-refractivity contribution in [1.29, 1.82) is 0 Å². The first-order valence-electron chi connectivity index (χ1n) is 8.95. The van der Waals surface area contributed by atoms with E-state index in [2.05, 4.69) is 15.6 Å². The van der Waals surface area contributed by atoms with E-state index < -0.39 is 6.04 Å². The molecule has 0 fully saturated rings. The molecule has 8 nitrogen and oxygen atoms in total. The Morgan fingerprint density at radius 2 is 2.00 bits per heavy atom. The van der Waals surface area contributed by atoms with Crippen LogP contribution in [-0.2, 0) is 14.4 Å². The van der Waals surface area contributed by atoms with Crippen LogP contribution in [0.4, 0.5) is 16.5 Å². The molecule has 29 heavy (non-hydrogen) atoms. The van der Waals surface area contributed by atoms with E-state index in [0.717, 1.165) is 10.2 Å². The minimum absolute atomic E-state index is 0.104. The zero-order valence-electron chi connectivity index (χ0n) is 15.8. The van der Waals surface area contributed by atoms with Crippen molar-refractivity contribution in [3.05, 3.63) is 42.5 Å². The number of benzene rings is 2. The van der Waals surface area contributed by atoms with Gasteiger partial charge in [-0.2, -0.15) is 0 Å². The molecule has 0 saturated heterocycles. The van der Waals surface area contributed by atoms with Crippen LogP contribution in [0.2, 0.25) is 0 Å². The molecule has 2 heterocycles. The smallest absolute Gasteiger partial charge is 0.265 e. The number of rotatable bonds is 4. The van der Waals surface area contributed by atoms with Crippen LogP contribution in [0.25, 0.3) is 10.2 Å². The summed E-state index contributed by atoms with van der Waals surface area (Å²) in [6.07, 6.45) is 0. The molecule has 2 aromatic carbocycles. The lowest BCUT2D eigenvalue weighted by Crippen LogP contribution is -2.49. The highest BCUT2D eigenvalue weighted by atomic mass is 32.1. The largest absolute Gasteiger partial charge is 0.482 e. The average molecular weight is 410 g/mol. The number of para-hydroxylation sites is 2. The van der Waals surface area contributed by atoms with Crippen LogP contribution in [-0.4, -0.2) is 35.4 Å². The summed E-state index contributed by atoms with van der Waals surface area (Å²) in [5.41, 5.74) is 1.88. The Kier molecular flexibility index (Phi) is 4.89. The van der Waals surface area contributed by atoms with Crippen molar-refractivity contribution in [2.24, 2.45) is 0 Å². The van der Waals surface area contributed by atoms with E-state index in [4.69, 9.17) is 4.74 Å². The number of nitrogens with one attached hydrogen (secondary N) is 2. The molecule has 0 saturated carbocycles. The van der Waals surface area contributed by atoms with Gasteiger partial charge in [0.1, 0.15) is 11.8 Å². The van der Waals surface area contributed by atoms with Crippen molar-refractivity contribution in [1.82, 2.24) is 4.98 Å². The Labute approximate surface area is 170 Å². The van der Waals surface area contributed by atoms with Gasteiger partial charge in [-0.05, 0) is 37.3 Å². The minimum atomic E-state index is -0.723. The standard InChI is InChI=1S/C20H18N4O4S/c1-11(24-15-5-3-4-6-16(15)28-10-18(24)26)19(27)22-13-7-8-14-17(9-13)29-20(23-14)21-12(2)25/h3-9,11H,10H2,1-2H3,(H,22,27)(H,21,23,25)/t11-/m1/s1. The Bertz CT molecular complexity index is 1130. The monoisotopic (exact) mass is 410 g/mol. The number of nitrogens with zero attached hydrogens (tertiary/aromatic N) is 2. The predicted molar refractivity (Wildman–Crippen MR) is 111 cm³/mol. The van der Waals surface area contributed by atoms with Gasteiger partial charge >= 0.3 is 0 Å². The van der Waals surface area contributed by atoms with Gasteiger partial charge in [0.05, 0.1) is 15.9 Å². The highest BCUT2D eigenvalue weighted by molar-refractivity contribution is 7.22. The lowest BCUT2D eigenvalue weighted by Gasteiger charge is -2.33. The number of carbonyl (C=O) groups is 3. The Morgan fingerprint density at radius 3 is 2.79 bits per heavy atom. The van der Waals surface area contributed by atoms with E-state index in [9.17, 15) is 14.4 Å². The summed E-state index contributed by atoms with van der Waals surface area (Å²) in [5, 5.41) is 6.01. The first-order valence-corrected chi connectivity index (χ1v) is 9.77. The summed E-state index contributed by atoms with van der Waals surface area (Å²) in [7, 11) is 0. The van der Waals surface area contributed by atoms with Gasteiger partial charge in [-0.15, -0.1) is 0 Å². The number of amides is 3. The fourth-order valence-corrected chi connectivity index (χ4v) is 4.07. The molecule has 0 spiro atoms. The maximum absolute atomic E-state index is 12.8. The average Bonchev–Trinajstić information content (AvgIpc) is 3.08. The first-order chi connectivity index (χ1) is 13.9. The van der Waals surface area contributed by atoms with E-state index in [1.54, 1.807) is 43.3 Å². The van der Waals surface area contributed by atoms with Crippen LogP contribution in [0.5, 0.6) is 5.75 Å². The molecule has 1 aliphatic heterocycles. The van der Waals surface area contributed by atoms with Crippen LogP contribution >= 0.6 is 11.3 Å². The third-order valence-electron chi connectivity index (χ3n) is 4.45. The summed E-state index contributed by atoms with van der Waals surface area (Å²) >= 11 is 1.32. The third-order valence-corrected chi connectivity index (χ3v) is 5.38. The topological polar surface area (TPSA) is 101 Å². The fourth-order valence-electron chi connectivity index (χ4n) is 3.12. The highest BCUT2D eigenvalue weighted by Gasteiger charge is 2.32. The van der Waals surface area contributed by atoms with E-state index in [1.165, 1.54) is 23.2 Å². The maximum Gasteiger partial charge on any atom is 0.265 e. The van der Waals surface area contributed by atoms with E-state index in [1.807, 2.05) is 6.07 Å². The molecule has 148 valence electrons. The van der Waals surface area contributed by atoms with Crippen molar-refractivity contribution in [3.8, 4) is 5.75 Å². The lowest BCUT2D eigenvalue weighted by molar-refractivity contribution is -0.125. The molecule has 3 amide bonds. The molecule has 0 radical (unpaired) electrons. The van der Waals surface area contributed by atoms with Gasteiger partial charge in [0.2, 0.25) is 11.8 Å².